The first-order valence-corrected chi connectivity index (χ1v) is 12.1. The van der Waals surface area contributed by atoms with Gasteiger partial charge in [0.25, 0.3) is 17.7 Å². The standard InChI is InChI=1S/C26H26Cl2N2O4/c1-14-4-7-17(8-5-14)23(31)16(3)29(24(32)18-9-11-21(27)22(28)13-18)30-25(33)19-10-6-15(2)12-20(19)26(30)34/h4-5,7-9,11,13,15-16,19-20H,6,10,12H2,1-3H3/t15-,16-,19+,20+/m0/s1. The Morgan fingerprint density at radius 1 is 0.941 bits per heavy atom. The molecule has 0 aromatic heterocycles. The van der Waals surface area contributed by atoms with Crippen LogP contribution in [0.3, 0.4) is 0 Å². The average Bonchev–Trinajstić information content (AvgIpc) is 3.05. The Hall–Kier alpha value is -2.70. The molecule has 178 valence electrons. The zero-order valence-corrected chi connectivity index (χ0v) is 20.8. The van der Waals surface area contributed by atoms with Gasteiger partial charge in [-0.15, -0.1) is 0 Å². The van der Waals surface area contributed by atoms with Crippen LogP contribution in [0.4, 0.5) is 0 Å². The summed E-state index contributed by atoms with van der Waals surface area (Å²) in [6, 6.07) is 10.2. The van der Waals surface area contributed by atoms with Crippen molar-refractivity contribution in [1.29, 1.82) is 0 Å². The molecule has 1 aliphatic heterocycles. The van der Waals surface area contributed by atoms with E-state index in [-0.39, 0.29) is 21.4 Å². The number of hydrogen-bond acceptors (Lipinski definition) is 4. The van der Waals surface area contributed by atoms with Crippen LogP contribution in [-0.4, -0.2) is 39.6 Å². The van der Waals surface area contributed by atoms with Crippen LogP contribution in [0.1, 0.15) is 59.4 Å². The number of imide groups is 1. The molecule has 8 heteroatoms. The zero-order chi connectivity index (χ0) is 24.7. The number of hydrogen-bond donors (Lipinski definition) is 0. The summed E-state index contributed by atoms with van der Waals surface area (Å²) in [5.74, 6) is -2.56. The second kappa shape index (κ2) is 9.51. The van der Waals surface area contributed by atoms with Crippen molar-refractivity contribution < 1.29 is 19.2 Å². The molecule has 4 rings (SSSR count). The van der Waals surface area contributed by atoms with Crippen molar-refractivity contribution in [2.24, 2.45) is 17.8 Å². The minimum atomic E-state index is -1.10. The second-order valence-electron chi connectivity index (χ2n) is 9.30. The van der Waals surface area contributed by atoms with Crippen LogP contribution in [0.2, 0.25) is 10.0 Å². The van der Waals surface area contributed by atoms with Crippen molar-refractivity contribution >= 4 is 46.7 Å². The summed E-state index contributed by atoms with van der Waals surface area (Å²) in [5, 5.41) is 2.35. The number of ketones is 1. The molecule has 1 heterocycles. The summed E-state index contributed by atoms with van der Waals surface area (Å²) in [7, 11) is 0. The lowest BCUT2D eigenvalue weighted by molar-refractivity contribution is -0.156. The molecule has 34 heavy (non-hydrogen) atoms. The van der Waals surface area contributed by atoms with E-state index in [1.807, 2.05) is 6.92 Å². The molecule has 3 amide bonds. The van der Waals surface area contributed by atoms with Crippen LogP contribution in [-0.2, 0) is 9.59 Å². The van der Waals surface area contributed by atoms with Gasteiger partial charge in [0.2, 0.25) is 0 Å². The van der Waals surface area contributed by atoms with Gasteiger partial charge >= 0.3 is 0 Å². The Morgan fingerprint density at radius 2 is 1.56 bits per heavy atom. The maximum Gasteiger partial charge on any atom is 0.273 e. The Morgan fingerprint density at radius 3 is 2.21 bits per heavy atom. The fourth-order valence-electron chi connectivity index (χ4n) is 4.86. The normalized spacial score (nSPS) is 23.0. The van der Waals surface area contributed by atoms with Crippen LogP contribution >= 0.6 is 23.2 Å². The highest BCUT2D eigenvalue weighted by molar-refractivity contribution is 6.42. The molecule has 2 aromatic rings. The predicted molar refractivity (Wildman–Crippen MR) is 129 cm³/mol. The van der Waals surface area contributed by atoms with Gasteiger partial charge in [-0.2, -0.15) is 5.01 Å². The number of rotatable bonds is 5. The van der Waals surface area contributed by atoms with Gasteiger partial charge in [0.1, 0.15) is 6.04 Å². The molecule has 4 atom stereocenters. The van der Waals surface area contributed by atoms with Crippen LogP contribution in [0.25, 0.3) is 0 Å². The number of benzene rings is 2. The SMILES string of the molecule is Cc1ccc(C(=O)[C@H](C)N(C(=O)c2ccc(Cl)c(Cl)c2)N2C(=O)[C@@H]3CC[C@H](C)C[C@H]3C2=O)cc1. The number of aryl methyl sites for hydroxylation is 1. The average molecular weight is 501 g/mol. The van der Waals surface area contributed by atoms with Crippen LogP contribution in [0.5, 0.6) is 0 Å². The van der Waals surface area contributed by atoms with E-state index in [2.05, 4.69) is 6.92 Å². The summed E-state index contributed by atoms with van der Waals surface area (Å²) in [5.41, 5.74) is 1.49. The van der Waals surface area contributed by atoms with Crippen molar-refractivity contribution in [2.75, 3.05) is 0 Å². The first kappa shape index (κ1) is 24.4. The topological polar surface area (TPSA) is 74.8 Å². The summed E-state index contributed by atoms with van der Waals surface area (Å²) in [4.78, 5) is 54.0. The summed E-state index contributed by atoms with van der Waals surface area (Å²) in [6.07, 6.45) is 2.01. The Bertz CT molecular complexity index is 1160. The fraction of sp³-hybridized carbons (Fsp3) is 0.385. The van der Waals surface area contributed by atoms with E-state index in [4.69, 9.17) is 23.2 Å². The van der Waals surface area contributed by atoms with E-state index < -0.39 is 35.6 Å². The minimum absolute atomic E-state index is 0.127. The molecule has 2 aromatic carbocycles. The maximum absolute atomic E-state index is 13.7. The monoisotopic (exact) mass is 500 g/mol. The smallest absolute Gasteiger partial charge is 0.273 e. The molecule has 1 saturated carbocycles. The number of hydrazine groups is 1. The zero-order valence-electron chi connectivity index (χ0n) is 19.3. The van der Waals surface area contributed by atoms with Crippen LogP contribution in [0.15, 0.2) is 42.5 Å². The molecule has 0 radical (unpaired) electrons. The Balaban J connectivity index is 1.76. The molecule has 0 spiro atoms. The van der Waals surface area contributed by atoms with Crippen LogP contribution < -0.4 is 0 Å². The Labute approximate surface area is 208 Å². The third-order valence-corrected chi connectivity index (χ3v) is 7.58. The summed E-state index contributed by atoms with van der Waals surface area (Å²) >= 11 is 12.1. The number of carbonyl (C=O) groups is 4. The van der Waals surface area contributed by atoms with Crippen molar-refractivity contribution in [1.82, 2.24) is 10.0 Å². The molecule has 2 aliphatic rings. The molecule has 1 saturated heterocycles. The van der Waals surface area contributed by atoms with Crippen molar-refractivity contribution in [3.8, 4) is 0 Å². The lowest BCUT2D eigenvalue weighted by atomic mass is 9.76. The second-order valence-corrected chi connectivity index (χ2v) is 10.1. The van der Waals surface area contributed by atoms with Crippen molar-refractivity contribution in [3.05, 3.63) is 69.2 Å². The highest BCUT2D eigenvalue weighted by Gasteiger charge is 2.54. The van der Waals surface area contributed by atoms with E-state index >= 15 is 0 Å². The van der Waals surface area contributed by atoms with Gasteiger partial charge in [0.15, 0.2) is 5.78 Å². The number of Topliss-reactive ketones (excluding diaryl/α,β-unsaturated/α-hetero) is 1. The third-order valence-electron chi connectivity index (χ3n) is 6.84. The molecule has 0 bridgehead atoms. The molecule has 6 nitrogen and oxygen atoms in total. The van der Waals surface area contributed by atoms with E-state index in [1.165, 1.54) is 25.1 Å². The first-order chi connectivity index (χ1) is 16.1. The van der Waals surface area contributed by atoms with Crippen LogP contribution in [0, 0.1) is 24.7 Å². The fourth-order valence-corrected chi connectivity index (χ4v) is 5.15. The highest BCUT2D eigenvalue weighted by atomic mass is 35.5. The number of nitrogens with zero attached hydrogens (tertiary/aromatic N) is 2. The quantitative estimate of drug-likeness (QED) is 0.409. The van der Waals surface area contributed by atoms with Gasteiger partial charge in [-0.1, -0.05) is 60.0 Å². The van der Waals surface area contributed by atoms with E-state index in [9.17, 15) is 19.2 Å². The molecule has 0 N–H and O–H groups in total. The third kappa shape index (κ3) is 4.37. The first-order valence-electron chi connectivity index (χ1n) is 11.4. The Kier molecular flexibility index (Phi) is 6.83. The number of halogens is 2. The van der Waals surface area contributed by atoms with Crippen molar-refractivity contribution in [3.63, 3.8) is 0 Å². The molecule has 1 aliphatic carbocycles. The molecular weight excluding hydrogens is 475 g/mol. The van der Waals surface area contributed by atoms with E-state index in [1.54, 1.807) is 24.3 Å². The van der Waals surface area contributed by atoms with Gasteiger partial charge in [-0.25, -0.2) is 5.01 Å². The minimum Gasteiger partial charge on any atom is -0.292 e. The number of carbonyl (C=O) groups excluding carboxylic acids is 4. The van der Waals surface area contributed by atoms with E-state index in [0.717, 1.165) is 22.0 Å². The maximum atomic E-state index is 13.7. The number of amides is 3. The molecular formula is C26H26Cl2N2O4. The lowest BCUT2D eigenvalue weighted by Gasteiger charge is -2.34. The van der Waals surface area contributed by atoms with Gasteiger partial charge < -0.3 is 0 Å². The number of fused-ring (bicyclic) bond motifs is 1. The highest BCUT2D eigenvalue weighted by Crippen LogP contribution is 2.41. The van der Waals surface area contributed by atoms with Gasteiger partial charge in [-0.3, -0.25) is 19.2 Å². The van der Waals surface area contributed by atoms with Gasteiger partial charge in [0.05, 0.1) is 21.9 Å². The van der Waals surface area contributed by atoms with Crippen molar-refractivity contribution in [2.45, 2.75) is 46.1 Å². The summed E-state index contributed by atoms with van der Waals surface area (Å²) in [6.45, 7) is 5.49. The molecule has 2 fully saturated rings. The van der Waals surface area contributed by atoms with Gasteiger partial charge in [-0.05, 0) is 57.2 Å². The lowest BCUT2D eigenvalue weighted by Crippen LogP contribution is -2.56. The summed E-state index contributed by atoms with van der Waals surface area (Å²) < 4.78 is 0. The molecule has 0 unspecified atom stereocenters. The van der Waals surface area contributed by atoms with Gasteiger partial charge in [0, 0.05) is 11.1 Å². The van der Waals surface area contributed by atoms with E-state index in [0.29, 0.717) is 24.3 Å². The predicted octanol–water partition coefficient (Wildman–Crippen LogP) is 5.35. The largest absolute Gasteiger partial charge is 0.292 e.